The standard InChI is InChI=1S/C29H32O5/c1-5-19-34-21-28(2,20-30)27(31)29(22-9-7-6-8-10-22,23-11-15-25(32-3)16-12-23)24-13-17-26(33-4)18-14-24/h1,6-18,27,30-31H,19-21H2,2-4H3. The highest BCUT2D eigenvalue weighted by Gasteiger charge is 2.51. The number of terminal acetylenes is 1. The third-order valence-electron chi connectivity index (χ3n) is 6.37. The van der Waals surface area contributed by atoms with Crippen LogP contribution in [0, 0.1) is 17.8 Å². The van der Waals surface area contributed by atoms with Crippen LogP contribution in [0.15, 0.2) is 78.9 Å². The molecule has 3 aromatic rings. The highest BCUT2D eigenvalue weighted by molar-refractivity contribution is 5.54. The monoisotopic (exact) mass is 460 g/mol. The molecule has 2 unspecified atom stereocenters. The van der Waals surface area contributed by atoms with Gasteiger partial charge in [0.15, 0.2) is 0 Å². The number of aliphatic hydroxyl groups excluding tert-OH is 2. The summed E-state index contributed by atoms with van der Waals surface area (Å²) in [6.45, 7) is 1.67. The number of benzene rings is 3. The molecule has 0 bridgehead atoms. The maximum absolute atomic E-state index is 12.2. The fourth-order valence-corrected chi connectivity index (χ4v) is 4.46. The van der Waals surface area contributed by atoms with Gasteiger partial charge in [0.2, 0.25) is 0 Å². The van der Waals surface area contributed by atoms with Gasteiger partial charge in [-0.05, 0) is 41.0 Å². The third kappa shape index (κ3) is 4.80. The van der Waals surface area contributed by atoms with Crippen molar-refractivity contribution in [1.29, 1.82) is 0 Å². The molecule has 5 heteroatoms. The van der Waals surface area contributed by atoms with Crippen LogP contribution in [0.25, 0.3) is 0 Å². The van der Waals surface area contributed by atoms with Gasteiger partial charge in [-0.2, -0.15) is 0 Å². The van der Waals surface area contributed by atoms with Crippen molar-refractivity contribution in [2.75, 3.05) is 34.0 Å². The van der Waals surface area contributed by atoms with Gasteiger partial charge in [0.25, 0.3) is 0 Å². The normalized spacial score (nSPS) is 14.0. The number of rotatable bonds is 11. The Morgan fingerprint density at radius 3 is 1.71 bits per heavy atom. The zero-order chi connectivity index (χ0) is 24.6. The molecule has 0 saturated heterocycles. The molecular weight excluding hydrogens is 428 g/mol. The third-order valence-corrected chi connectivity index (χ3v) is 6.37. The molecule has 0 heterocycles. The molecule has 2 atom stereocenters. The molecule has 178 valence electrons. The van der Waals surface area contributed by atoms with Gasteiger partial charge in [-0.3, -0.25) is 0 Å². The summed E-state index contributed by atoms with van der Waals surface area (Å²) in [6.07, 6.45) is 4.27. The summed E-state index contributed by atoms with van der Waals surface area (Å²) in [5.41, 5.74) is 0.473. The Labute approximate surface area is 201 Å². The smallest absolute Gasteiger partial charge is 0.118 e. The molecule has 34 heavy (non-hydrogen) atoms. The second-order valence-electron chi connectivity index (χ2n) is 8.54. The lowest BCUT2D eigenvalue weighted by molar-refractivity contribution is -0.0775. The minimum absolute atomic E-state index is 0.0791. The predicted molar refractivity (Wildman–Crippen MR) is 133 cm³/mol. The van der Waals surface area contributed by atoms with E-state index in [9.17, 15) is 10.2 Å². The average Bonchev–Trinajstić information content (AvgIpc) is 2.90. The quantitative estimate of drug-likeness (QED) is 0.257. The second kappa shape index (κ2) is 11.2. The van der Waals surface area contributed by atoms with E-state index in [4.69, 9.17) is 20.6 Å². The van der Waals surface area contributed by atoms with Gasteiger partial charge in [-0.1, -0.05) is 67.4 Å². The molecule has 5 nitrogen and oxygen atoms in total. The minimum atomic E-state index is -1.09. The summed E-state index contributed by atoms with van der Waals surface area (Å²) in [7, 11) is 3.23. The lowest BCUT2D eigenvalue weighted by atomic mass is 9.59. The van der Waals surface area contributed by atoms with Gasteiger partial charge in [-0.15, -0.1) is 6.42 Å². The first-order valence-electron chi connectivity index (χ1n) is 11.1. The maximum atomic E-state index is 12.2. The van der Waals surface area contributed by atoms with E-state index >= 15 is 0 Å². The molecule has 0 saturated carbocycles. The summed E-state index contributed by atoms with van der Waals surface area (Å²) in [5, 5.41) is 22.7. The number of methoxy groups -OCH3 is 2. The number of hydrogen-bond donors (Lipinski definition) is 2. The molecule has 0 aliphatic carbocycles. The van der Waals surface area contributed by atoms with E-state index in [-0.39, 0.29) is 19.8 Å². The first-order chi connectivity index (χ1) is 16.5. The van der Waals surface area contributed by atoms with Crippen LogP contribution in [0.2, 0.25) is 0 Å². The van der Waals surface area contributed by atoms with Crippen molar-refractivity contribution in [1.82, 2.24) is 0 Å². The average molecular weight is 461 g/mol. The van der Waals surface area contributed by atoms with Crippen LogP contribution in [0.1, 0.15) is 23.6 Å². The van der Waals surface area contributed by atoms with Gasteiger partial charge < -0.3 is 24.4 Å². The number of ether oxygens (including phenoxy) is 3. The highest BCUT2D eigenvalue weighted by Crippen LogP contribution is 2.48. The lowest BCUT2D eigenvalue weighted by Crippen LogP contribution is -2.54. The molecule has 0 aliphatic rings. The Balaban J connectivity index is 2.33. The molecule has 0 aliphatic heterocycles. The fourth-order valence-electron chi connectivity index (χ4n) is 4.46. The first kappa shape index (κ1) is 25.3. The van der Waals surface area contributed by atoms with Crippen LogP contribution in [0.4, 0.5) is 0 Å². The van der Waals surface area contributed by atoms with E-state index in [2.05, 4.69) is 5.92 Å². The topological polar surface area (TPSA) is 68.2 Å². The van der Waals surface area contributed by atoms with Crippen molar-refractivity contribution in [3.63, 3.8) is 0 Å². The number of hydrogen-bond acceptors (Lipinski definition) is 5. The van der Waals surface area contributed by atoms with E-state index in [1.54, 1.807) is 21.1 Å². The SMILES string of the molecule is C#CCOCC(C)(CO)C(O)C(c1ccccc1)(c1ccc(OC)cc1)c1ccc(OC)cc1. The van der Waals surface area contributed by atoms with E-state index < -0.39 is 16.9 Å². The van der Waals surface area contributed by atoms with Crippen molar-refractivity contribution < 1.29 is 24.4 Å². The van der Waals surface area contributed by atoms with E-state index in [1.165, 1.54) is 0 Å². The van der Waals surface area contributed by atoms with Crippen molar-refractivity contribution in [2.45, 2.75) is 18.4 Å². The summed E-state index contributed by atoms with van der Waals surface area (Å²) >= 11 is 0. The molecule has 3 rings (SSSR count). The van der Waals surface area contributed by atoms with Crippen LogP contribution in [0.5, 0.6) is 11.5 Å². The molecule has 0 amide bonds. The van der Waals surface area contributed by atoms with E-state index in [0.29, 0.717) is 11.5 Å². The summed E-state index contributed by atoms with van der Waals surface area (Å²) < 4.78 is 16.4. The molecule has 0 spiro atoms. The molecule has 0 aromatic heterocycles. The lowest BCUT2D eigenvalue weighted by Gasteiger charge is -2.47. The van der Waals surface area contributed by atoms with Crippen molar-refractivity contribution in [2.24, 2.45) is 5.41 Å². The molecule has 0 radical (unpaired) electrons. The summed E-state index contributed by atoms with van der Waals surface area (Å²) in [4.78, 5) is 0. The van der Waals surface area contributed by atoms with Crippen molar-refractivity contribution in [3.8, 4) is 23.8 Å². The largest absolute Gasteiger partial charge is 0.497 e. The van der Waals surface area contributed by atoms with Gasteiger partial charge in [-0.25, -0.2) is 0 Å². The molecule has 0 fully saturated rings. The van der Waals surface area contributed by atoms with E-state index in [0.717, 1.165) is 16.7 Å². The second-order valence-corrected chi connectivity index (χ2v) is 8.54. The van der Waals surface area contributed by atoms with Gasteiger partial charge in [0, 0.05) is 5.41 Å². The Morgan fingerprint density at radius 1 is 0.824 bits per heavy atom. The van der Waals surface area contributed by atoms with E-state index in [1.807, 2.05) is 78.9 Å². The molecule has 2 N–H and O–H groups in total. The van der Waals surface area contributed by atoms with Gasteiger partial charge in [0.05, 0.1) is 39.0 Å². The van der Waals surface area contributed by atoms with Crippen LogP contribution in [-0.4, -0.2) is 50.4 Å². The maximum Gasteiger partial charge on any atom is 0.118 e. The van der Waals surface area contributed by atoms with Crippen LogP contribution in [0.3, 0.4) is 0 Å². The van der Waals surface area contributed by atoms with Crippen molar-refractivity contribution in [3.05, 3.63) is 95.6 Å². The Hall–Kier alpha value is -3.30. The minimum Gasteiger partial charge on any atom is -0.497 e. The predicted octanol–water partition coefficient (Wildman–Crippen LogP) is 4.05. The van der Waals surface area contributed by atoms with Gasteiger partial charge in [0.1, 0.15) is 18.1 Å². The zero-order valence-electron chi connectivity index (χ0n) is 19.9. The Morgan fingerprint density at radius 2 is 1.29 bits per heavy atom. The molecular formula is C29H32O5. The van der Waals surface area contributed by atoms with Crippen LogP contribution >= 0.6 is 0 Å². The highest BCUT2D eigenvalue weighted by atomic mass is 16.5. The zero-order valence-corrected chi connectivity index (χ0v) is 19.9. The van der Waals surface area contributed by atoms with Crippen molar-refractivity contribution >= 4 is 0 Å². The first-order valence-corrected chi connectivity index (χ1v) is 11.1. The fraction of sp³-hybridized carbons (Fsp3) is 0.310. The van der Waals surface area contributed by atoms with Crippen LogP contribution < -0.4 is 9.47 Å². The Kier molecular flexibility index (Phi) is 8.36. The Bertz CT molecular complexity index is 1020. The molecule has 3 aromatic carbocycles. The van der Waals surface area contributed by atoms with Gasteiger partial charge >= 0.3 is 0 Å². The number of aliphatic hydroxyl groups is 2. The summed E-state index contributed by atoms with van der Waals surface area (Å²) in [6, 6.07) is 25.0. The van der Waals surface area contributed by atoms with Crippen LogP contribution in [-0.2, 0) is 10.2 Å². The summed E-state index contributed by atoms with van der Waals surface area (Å²) in [5.74, 6) is 3.86.